The molecule has 0 atom stereocenters. The molecule has 112 valence electrons. The van der Waals surface area contributed by atoms with E-state index in [9.17, 15) is 0 Å². The lowest BCUT2D eigenvalue weighted by Crippen LogP contribution is -2.22. The van der Waals surface area contributed by atoms with Crippen molar-refractivity contribution in [1.29, 1.82) is 0 Å². The number of hydrogen-bond acceptors (Lipinski definition) is 4. The van der Waals surface area contributed by atoms with Gasteiger partial charge in [0.1, 0.15) is 5.82 Å². The van der Waals surface area contributed by atoms with Crippen LogP contribution in [-0.2, 0) is 0 Å². The Hall–Kier alpha value is -1.88. The molecule has 0 N–H and O–H groups in total. The number of benzene rings is 1. The van der Waals surface area contributed by atoms with E-state index >= 15 is 0 Å². The Morgan fingerprint density at radius 1 is 1.09 bits per heavy atom. The van der Waals surface area contributed by atoms with Crippen LogP contribution in [0.25, 0.3) is 16.6 Å². The highest BCUT2D eigenvalue weighted by atomic mass is 35.5. The highest BCUT2D eigenvalue weighted by Crippen LogP contribution is 2.41. The topological polar surface area (TPSA) is 46.3 Å². The summed E-state index contributed by atoms with van der Waals surface area (Å²) < 4.78 is 2.18. The lowest BCUT2D eigenvalue weighted by molar-refractivity contribution is 0.835. The summed E-state index contributed by atoms with van der Waals surface area (Å²) in [6.45, 7) is 2.10. The zero-order valence-corrected chi connectivity index (χ0v) is 12.9. The first-order chi connectivity index (χ1) is 10.8. The van der Waals surface area contributed by atoms with Gasteiger partial charge in [0.05, 0.1) is 5.52 Å². The van der Waals surface area contributed by atoms with Gasteiger partial charge in [-0.15, -0.1) is 10.2 Å². The highest BCUT2D eigenvalue weighted by Gasteiger charge is 2.31. The molecule has 1 saturated heterocycles. The van der Waals surface area contributed by atoms with Crippen LogP contribution < -0.4 is 4.90 Å². The van der Waals surface area contributed by atoms with Gasteiger partial charge in [0.2, 0.25) is 5.95 Å². The molecular weight excluding hydrogens is 298 g/mol. The number of rotatable bonds is 2. The van der Waals surface area contributed by atoms with Crippen molar-refractivity contribution in [3.8, 4) is 0 Å². The molecule has 0 radical (unpaired) electrons. The summed E-state index contributed by atoms with van der Waals surface area (Å²) >= 11 is 6.15. The molecule has 0 bridgehead atoms. The van der Waals surface area contributed by atoms with Crippen molar-refractivity contribution in [2.45, 2.75) is 31.6 Å². The zero-order chi connectivity index (χ0) is 14.7. The third-order valence-electron chi connectivity index (χ3n) is 4.64. The van der Waals surface area contributed by atoms with Crippen LogP contribution in [0, 0.1) is 0 Å². The average molecular weight is 314 g/mol. The first kappa shape index (κ1) is 12.6. The van der Waals surface area contributed by atoms with Crippen molar-refractivity contribution in [2.75, 3.05) is 18.0 Å². The summed E-state index contributed by atoms with van der Waals surface area (Å²) in [4.78, 5) is 7.26. The molecule has 1 aliphatic heterocycles. The Morgan fingerprint density at radius 2 is 1.91 bits per heavy atom. The zero-order valence-electron chi connectivity index (χ0n) is 12.2. The quantitative estimate of drug-likeness (QED) is 0.727. The molecule has 2 aliphatic rings. The summed E-state index contributed by atoms with van der Waals surface area (Å²) in [6.07, 6.45) is 4.85. The summed E-state index contributed by atoms with van der Waals surface area (Å²) in [5.41, 5.74) is 1.81. The second-order valence-corrected chi connectivity index (χ2v) is 6.70. The molecule has 1 saturated carbocycles. The van der Waals surface area contributed by atoms with E-state index < -0.39 is 0 Å². The maximum atomic E-state index is 6.15. The van der Waals surface area contributed by atoms with Gasteiger partial charge in [0.15, 0.2) is 5.65 Å². The van der Waals surface area contributed by atoms with Crippen molar-refractivity contribution in [2.24, 2.45) is 0 Å². The minimum absolute atomic E-state index is 0.544. The van der Waals surface area contributed by atoms with Crippen LogP contribution in [0.1, 0.15) is 37.4 Å². The van der Waals surface area contributed by atoms with Crippen LogP contribution in [0.4, 0.5) is 5.95 Å². The largest absolute Gasteiger partial charge is 0.342 e. The molecule has 3 heterocycles. The van der Waals surface area contributed by atoms with Crippen molar-refractivity contribution < 1.29 is 0 Å². The second-order valence-electron chi connectivity index (χ2n) is 6.26. The molecule has 22 heavy (non-hydrogen) atoms. The van der Waals surface area contributed by atoms with Crippen molar-refractivity contribution in [3.05, 3.63) is 29.0 Å². The van der Waals surface area contributed by atoms with Crippen molar-refractivity contribution in [3.63, 3.8) is 0 Å². The van der Waals surface area contributed by atoms with E-state index in [1.165, 1.54) is 25.7 Å². The van der Waals surface area contributed by atoms with E-state index in [4.69, 9.17) is 16.6 Å². The molecule has 2 aromatic heterocycles. The van der Waals surface area contributed by atoms with Gasteiger partial charge >= 0.3 is 0 Å². The standard InChI is InChI=1S/C16H16ClN5/c17-11-5-6-12-13(9-11)18-16(21-7-1-2-8-21)22-14(10-3-4-10)19-20-15(12)22/h5-6,9-10H,1-4,7-8H2. The Balaban J connectivity index is 1.86. The molecule has 1 aromatic carbocycles. The maximum absolute atomic E-state index is 6.15. The van der Waals surface area contributed by atoms with Crippen molar-refractivity contribution in [1.82, 2.24) is 19.6 Å². The van der Waals surface area contributed by atoms with Crippen LogP contribution in [-0.4, -0.2) is 32.7 Å². The fourth-order valence-electron chi connectivity index (χ4n) is 3.35. The molecule has 1 aliphatic carbocycles. The lowest BCUT2D eigenvalue weighted by atomic mass is 10.2. The van der Waals surface area contributed by atoms with Gasteiger partial charge in [-0.2, -0.15) is 0 Å². The van der Waals surface area contributed by atoms with Crippen LogP contribution >= 0.6 is 11.6 Å². The SMILES string of the molecule is Clc1ccc2c(c1)nc(N1CCCC1)n1c(C3CC3)nnc21. The Kier molecular flexibility index (Phi) is 2.62. The molecule has 5 nitrogen and oxygen atoms in total. The minimum Gasteiger partial charge on any atom is -0.342 e. The number of nitrogens with zero attached hydrogens (tertiary/aromatic N) is 5. The van der Waals surface area contributed by atoms with E-state index in [1.54, 1.807) is 0 Å². The third kappa shape index (κ3) is 1.81. The molecule has 3 aromatic rings. The molecule has 0 amide bonds. The van der Waals surface area contributed by atoms with E-state index in [1.807, 2.05) is 18.2 Å². The highest BCUT2D eigenvalue weighted by molar-refractivity contribution is 6.31. The van der Waals surface area contributed by atoms with Crippen LogP contribution in [0.5, 0.6) is 0 Å². The lowest BCUT2D eigenvalue weighted by Gasteiger charge is -2.19. The normalized spacial score (nSPS) is 18.7. The number of hydrogen-bond donors (Lipinski definition) is 0. The third-order valence-corrected chi connectivity index (χ3v) is 4.88. The number of aromatic nitrogens is 4. The molecule has 5 rings (SSSR count). The van der Waals surface area contributed by atoms with Gasteiger partial charge in [-0.1, -0.05) is 11.6 Å². The molecule has 6 heteroatoms. The maximum Gasteiger partial charge on any atom is 0.213 e. The van der Waals surface area contributed by atoms with Gasteiger partial charge in [-0.3, -0.25) is 0 Å². The fraction of sp³-hybridized carbons (Fsp3) is 0.438. The fourth-order valence-corrected chi connectivity index (χ4v) is 3.51. The Morgan fingerprint density at radius 3 is 2.68 bits per heavy atom. The van der Waals surface area contributed by atoms with Gasteiger partial charge in [-0.25, -0.2) is 9.38 Å². The van der Waals surface area contributed by atoms with E-state index in [0.717, 1.165) is 41.4 Å². The predicted octanol–water partition coefficient (Wildman–Crippen LogP) is 3.41. The van der Waals surface area contributed by atoms with Gasteiger partial charge < -0.3 is 4.90 Å². The summed E-state index contributed by atoms with van der Waals surface area (Å²) in [7, 11) is 0. The number of halogens is 1. The minimum atomic E-state index is 0.544. The van der Waals surface area contributed by atoms with Crippen LogP contribution in [0.3, 0.4) is 0 Å². The average Bonchev–Trinajstić information content (AvgIpc) is 3.05. The Bertz CT molecular complexity index is 877. The second kappa shape index (κ2) is 4.56. The molecular formula is C16H16ClN5. The molecule has 0 unspecified atom stereocenters. The smallest absolute Gasteiger partial charge is 0.213 e. The van der Waals surface area contributed by atoms with Crippen LogP contribution in [0.2, 0.25) is 5.02 Å². The summed E-state index contributed by atoms with van der Waals surface area (Å²) in [5, 5.41) is 10.7. The van der Waals surface area contributed by atoms with Gasteiger partial charge in [0, 0.05) is 29.4 Å². The first-order valence-electron chi connectivity index (χ1n) is 7.90. The number of anilines is 1. The monoisotopic (exact) mass is 313 g/mol. The predicted molar refractivity (Wildman–Crippen MR) is 86.7 cm³/mol. The van der Waals surface area contributed by atoms with E-state index in [0.29, 0.717) is 10.9 Å². The van der Waals surface area contributed by atoms with Gasteiger partial charge in [0.25, 0.3) is 0 Å². The molecule has 0 spiro atoms. The van der Waals surface area contributed by atoms with E-state index in [2.05, 4.69) is 19.5 Å². The van der Waals surface area contributed by atoms with E-state index in [-0.39, 0.29) is 0 Å². The summed E-state index contributed by atoms with van der Waals surface area (Å²) in [5.74, 6) is 2.60. The summed E-state index contributed by atoms with van der Waals surface area (Å²) in [6, 6.07) is 5.81. The number of fused-ring (bicyclic) bond motifs is 3. The molecule has 2 fully saturated rings. The van der Waals surface area contributed by atoms with Gasteiger partial charge in [-0.05, 0) is 43.9 Å². The van der Waals surface area contributed by atoms with Crippen molar-refractivity contribution >= 4 is 34.1 Å². The first-order valence-corrected chi connectivity index (χ1v) is 8.28. The van der Waals surface area contributed by atoms with Crippen LogP contribution in [0.15, 0.2) is 18.2 Å². The Labute approximate surface area is 132 Å².